The van der Waals surface area contributed by atoms with E-state index in [0.717, 1.165) is 0 Å². The van der Waals surface area contributed by atoms with Gasteiger partial charge in [0.2, 0.25) is 0 Å². The highest BCUT2D eigenvalue weighted by atomic mass is 28.3. The van der Waals surface area contributed by atoms with E-state index in [0.29, 0.717) is 6.61 Å². The van der Waals surface area contributed by atoms with Crippen LogP contribution >= 0.6 is 0 Å². The molecule has 0 amide bonds. The van der Waals surface area contributed by atoms with Crippen molar-refractivity contribution in [2.24, 2.45) is 0 Å². The molecule has 0 aromatic heterocycles. The summed E-state index contributed by atoms with van der Waals surface area (Å²) in [6.07, 6.45) is 2.39. The molecule has 1 atom stereocenters. The van der Waals surface area contributed by atoms with Crippen molar-refractivity contribution >= 4 is 8.07 Å². The third-order valence-electron chi connectivity index (χ3n) is 2.22. The molecule has 2 heteroatoms. The Morgan fingerprint density at radius 1 is 1.19 bits per heavy atom. The zero-order valence-electron chi connectivity index (χ0n) is 10.7. The second-order valence-corrected chi connectivity index (χ2v) is 10.3. The smallest absolute Gasteiger partial charge is 0.0720 e. The third kappa shape index (κ3) is 6.08. The van der Waals surface area contributed by atoms with E-state index in [1.807, 2.05) is 18.2 Å². The Morgan fingerprint density at radius 3 is 2.38 bits per heavy atom. The summed E-state index contributed by atoms with van der Waals surface area (Å²) < 4.78 is 5.76. The van der Waals surface area contributed by atoms with Crippen LogP contribution in [0.3, 0.4) is 0 Å². The average Bonchev–Trinajstić information content (AvgIpc) is 2.24. The van der Waals surface area contributed by atoms with Gasteiger partial charge in [-0.1, -0.05) is 50.0 Å². The van der Waals surface area contributed by atoms with E-state index >= 15 is 0 Å². The van der Waals surface area contributed by atoms with Crippen LogP contribution in [-0.2, 0) is 11.3 Å². The van der Waals surface area contributed by atoms with Gasteiger partial charge in [-0.25, -0.2) is 0 Å². The van der Waals surface area contributed by atoms with Gasteiger partial charge in [0.05, 0.1) is 12.7 Å². The lowest BCUT2D eigenvalue weighted by Gasteiger charge is -2.18. The average molecular weight is 234 g/mol. The minimum atomic E-state index is -1.09. The Morgan fingerprint density at radius 2 is 1.81 bits per heavy atom. The molecule has 0 N–H and O–H groups in total. The molecule has 0 aliphatic rings. The summed E-state index contributed by atoms with van der Waals surface area (Å²) in [6, 6.07) is 12.6. The van der Waals surface area contributed by atoms with Crippen molar-refractivity contribution in [2.75, 3.05) is 0 Å². The molecular weight excluding hydrogens is 212 g/mol. The van der Waals surface area contributed by atoms with E-state index in [1.54, 1.807) is 0 Å². The van der Waals surface area contributed by atoms with Crippen LogP contribution in [-0.4, -0.2) is 14.2 Å². The van der Waals surface area contributed by atoms with Gasteiger partial charge in [0, 0.05) is 8.07 Å². The number of rotatable bonds is 6. The van der Waals surface area contributed by atoms with Gasteiger partial charge >= 0.3 is 0 Å². The van der Waals surface area contributed by atoms with Crippen LogP contribution in [0.4, 0.5) is 0 Å². The second kappa shape index (κ2) is 6.21. The Labute approximate surface area is 101 Å². The first kappa shape index (κ1) is 13.5. The maximum Gasteiger partial charge on any atom is 0.0720 e. The zero-order chi connectivity index (χ0) is 12.0. The largest absolute Gasteiger partial charge is 0.374 e. The lowest BCUT2D eigenvalue weighted by molar-refractivity contribution is 0.0758. The fraction of sp³-hybridized carbons (Fsp3) is 0.429. The van der Waals surface area contributed by atoms with Crippen LogP contribution in [0.2, 0.25) is 19.6 Å². The molecule has 1 aromatic rings. The molecule has 1 rings (SSSR count). The lowest BCUT2D eigenvalue weighted by atomic mass is 10.2. The van der Waals surface area contributed by atoms with Gasteiger partial charge in [0.25, 0.3) is 0 Å². The first-order valence-corrected chi connectivity index (χ1v) is 9.40. The molecule has 0 saturated heterocycles. The van der Waals surface area contributed by atoms with E-state index in [4.69, 9.17) is 4.74 Å². The summed E-state index contributed by atoms with van der Waals surface area (Å²) in [5.74, 6) is 0. The normalized spacial score (nSPS) is 13.8. The highest BCUT2D eigenvalue weighted by molar-refractivity contribution is 6.79. The minimum absolute atomic E-state index is 0.201. The molecule has 0 aliphatic heterocycles. The number of hydrogen-bond donors (Lipinski definition) is 0. The quantitative estimate of drug-likeness (QED) is 0.679. The molecule has 0 heterocycles. The van der Waals surface area contributed by atoms with Gasteiger partial charge in [-0.15, -0.1) is 0 Å². The highest BCUT2D eigenvalue weighted by Crippen LogP contribution is 2.12. The molecule has 2 radical (unpaired) electrons. The first-order chi connectivity index (χ1) is 7.47. The van der Waals surface area contributed by atoms with E-state index in [1.165, 1.54) is 5.56 Å². The van der Waals surface area contributed by atoms with Crippen LogP contribution < -0.4 is 0 Å². The van der Waals surface area contributed by atoms with Gasteiger partial charge in [0.15, 0.2) is 0 Å². The summed E-state index contributed by atoms with van der Waals surface area (Å²) in [6.45, 7) is 9.77. The summed E-state index contributed by atoms with van der Waals surface area (Å²) in [5, 5.41) is 0. The topological polar surface area (TPSA) is 9.23 Å². The van der Waals surface area contributed by atoms with Gasteiger partial charge in [-0.05, 0) is 25.0 Å². The number of ether oxygens (including phenoxy) is 1. The van der Waals surface area contributed by atoms with E-state index < -0.39 is 8.07 Å². The Hall–Kier alpha value is -0.603. The van der Waals surface area contributed by atoms with Crippen molar-refractivity contribution in [3.8, 4) is 0 Å². The SMILES string of the molecule is CC([CH][CH][Si](C)(C)C)OCc1ccccc1. The maximum atomic E-state index is 5.76. The molecule has 1 nitrogen and oxygen atoms in total. The molecule has 1 unspecified atom stereocenters. The molecule has 0 fully saturated rings. The first-order valence-electron chi connectivity index (χ1n) is 5.82. The van der Waals surface area contributed by atoms with Crippen molar-refractivity contribution in [3.05, 3.63) is 48.4 Å². The van der Waals surface area contributed by atoms with Crippen molar-refractivity contribution in [2.45, 2.75) is 39.3 Å². The van der Waals surface area contributed by atoms with Gasteiger partial charge in [0.1, 0.15) is 0 Å². The van der Waals surface area contributed by atoms with E-state index in [2.05, 4.69) is 51.2 Å². The minimum Gasteiger partial charge on any atom is -0.374 e. The summed E-state index contributed by atoms with van der Waals surface area (Å²) >= 11 is 0. The summed E-state index contributed by atoms with van der Waals surface area (Å²) in [4.78, 5) is 0. The predicted molar refractivity (Wildman–Crippen MR) is 72.6 cm³/mol. The van der Waals surface area contributed by atoms with Crippen LogP contribution in [0, 0.1) is 12.5 Å². The Balaban J connectivity index is 2.23. The summed E-state index contributed by atoms with van der Waals surface area (Å²) in [5.41, 5.74) is 1.23. The zero-order valence-corrected chi connectivity index (χ0v) is 11.7. The Bertz CT molecular complexity index is 289. The second-order valence-electron chi connectivity index (χ2n) is 5.23. The number of hydrogen-bond acceptors (Lipinski definition) is 1. The van der Waals surface area contributed by atoms with Crippen molar-refractivity contribution in [3.63, 3.8) is 0 Å². The van der Waals surface area contributed by atoms with Crippen LogP contribution in [0.1, 0.15) is 12.5 Å². The van der Waals surface area contributed by atoms with E-state index in [-0.39, 0.29) is 6.10 Å². The lowest BCUT2D eigenvalue weighted by Crippen LogP contribution is -2.24. The van der Waals surface area contributed by atoms with Crippen molar-refractivity contribution < 1.29 is 4.74 Å². The standard InChI is InChI=1S/C14H22OSi/c1-13(10-11-16(2,3)4)15-12-14-8-6-5-7-9-14/h5-11,13H,12H2,1-4H3. The fourth-order valence-corrected chi connectivity index (χ4v) is 2.13. The highest BCUT2D eigenvalue weighted by Gasteiger charge is 2.15. The molecule has 0 saturated carbocycles. The predicted octanol–water partition coefficient (Wildman–Crippen LogP) is 3.88. The molecule has 16 heavy (non-hydrogen) atoms. The van der Waals surface area contributed by atoms with Gasteiger partial charge in [-0.2, -0.15) is 0 Å². The molecular formula is C14H22OSi. The van der Waals surface area contributed by atoms with Crippen LogP contribution in [0.25, 0.3) is 0 Å². The van der Waals surface area contributed by atoms with E-state index in [9.17, 15) is 0 Å². The molecule has 0 bridgehead atoms. The number of benzene rings is 1. The molecule has 0 aliphatic carbocycles. The summed E-state index contributed by atoms with van der Waals surface area (Å²) in [7, 11) is -1.09. The monoisotopic (exact) mass is 234 g/mol. The van der Waals surface area contributed by atoms with Crippen molar-refractivity contribution in [1.29, 1.82) is 0 Å². The van der Waals surface area contributed by atoms with Gasteiger partial charge < -0.3 is 4.74 Å². The molecule has 88 valence electrons. The van der Waals surface area contributed by atoms with Crippen LogP contribution in [0.15, 0.2) is 30.3 Å². The third-order valence-corrected chi connectivity index (χ3v) is 3.42. The maximum absolute atomic E-state index is 5.76. The molecule has 0 spiro atoms. The van der Waals surface area contributed by atoms with Crippen LogP contribution in [0.5, 0.6) is 0 Å². The van der Waals surface area contributed by atoms with Gasteiger partial charge in [-0.3, -0.25) is 0 Å². The fourth-order valence-electron chi connectivity index (χ4n) is 1.28. The molecule has 1 aromatic carbocycles. The Kier molecular flexibility index (Phi) is 5.23. The van der Waals surface area contributed by atoms with Crippen molar-refractivity contribution in [1.82, 2.24) is 0 Å².